The molecule has 1 fully saturated rings. The molecule has 1 amide bonds. The molecule has 28 heavy (non-hydrogen) atoms. The van der Waals surface area contributed by atoms with Crippen molar-refractivity contribution in [1.82, 2.24) is 10.2 Å². The van der Waals surface area contributed by atoms with Gasteiger partial charge in [-0.25, -0.2) is 0 Å². The Labute approximate surface area is 171 Å². The molecule has 0 spiro atoms. The van der Waals surface area contributed by atoms with Crippen LogP contribution in [0.1, 0.15) is 40.7 Å². The Kier molecular flexibility index (Phi) is 5.80. The highest BCUT2D eigenvalue weighted by Gasteiger charge is 2.24. The first-order chi connectivity index (χ1) is 13.6. The van der Waals surface area contributed by atoms with Gasteiger partial charge in [0.1, 0.15) is 5.58 Å². The van der Waals surface area contributed by atoms with Gasteiger partial charge in [-0.05, 0) is 55.6 Å². The second-order valence-electron chi connectivity index (χ2n) is 6.95. The number of piperidine rings is 1. The predicted molar refractivity (Wildman–Crippen MR) is 112 cm³/mol. The molecule has 0 radical (unpaired) electrons. The van der Waals surface area contributed by atoms with E-state index < -0.39 is 0 Å². The minimum absolute atomic E-state index is 0.0170. The summed E-state index contributed by atoms with van der Waals surface area (Å²) in [5.74, 6) is -0.365. The number of nitrogens with zero attached hydrogens (tertiary/aromatic N) is 1. The fraction of sp³-hybridized carbons (Fsp3) is 0.333. The monoisotopic (exact) mass is 416 g/mol. The van der Waals surface area contributed by atoms with E-state index in [-0.39, 0.29) is 23.1 Å². The van der Waals surface area contributed by atoms with E-state index >= 15 is 0 Å². The lowest BCUT2D eigenvalue weighted by Gasteiger charge is -2.34. The van der Waals surface area contributed by atoms with Crippen molar-refractivity contribution in [2.45, 2.75) is 25.3 Å². The molecule has 146 valence electrons. The van der Waals surface area contributed by atoms with Crippen LogP contribution < -0.4 is 10.7 Å². The van der Waals surface area contributed by atoms with Gasteiger partial charge in [0.05, 0.1) is 11.4 Å². The molecule has 1 aromatic carbocycles. The molecule has 4 rings (SSSR count). The van der Waals surface area contributed by atoms with Crippen molar-refractivity contribution >= 4 is 39.8 Å². The molecule has 1 saturated heterocycles. The molecule has 1 atom stereocenters. The van der Waals surface area contributed by atoms with Crippen LogP contribution >= 0.6 is 22.9 Å². The number of thiophene rings is 1. The maximum Gasteiger partial charge on any atom is 0.287 e. The van der Waals surface area contributed by atoms with Crippen molar-refractivity contribution in [3.05, 3.63) is 67.7 Å². The Morgan fingerprint density at radius 2 is 2.04 bits per heavy atom. The third kappa shape index (κ3) is 4.14. The van der Waals surface area contributed by atoms with Gasteiger partial charge in [0.2, 0.25) is 0 Å². The number of amides is 1. The lowest BCUT2D eigenvalue weighted by molar-refractivity contribution is 0.0899. The van der Waals surface area contributed by atoms with E-state index in [4.69, 9.17) is 16.0 Å². The molecule has 3 aromatic rings. The van der Waals surface area contributed by atoms with Gasteiger partial charge < -0.3 is 9.73 Å². The van der Waals surface area contributed by atoms with E-state index in [1.165, 1.54) is 30.2 Å². The first kappa shape index (κ1) is 19.2. The normalized spacial score (nSPS) is 16.2. The third-order valence-electron chi connectivity index (χ3n) is 5.07. The summed E-state index contributed by atoms with van der Waals surface area (Å²) in [7, 11) is 0. The Morgan fingerprint density at radius 1 is 1.21 bits per heavy atom. The summed E-state index contributed by atoms with van der Waals surface area (Å²) in [4.78, 5) is 28.7. The number of fused-ring (bicyclic) bond motifs is 1. The molecule has 1 N–H and O–H groups in total. The number of nitrogens with one attached hydrogen (secondary N) is 1. The molecule has 5 nitrogen and oxygen atoms in total. The zero-order chi connectivity index (χ0) is 19.5. The van der Waals surface area contributed by atoms with E-state index in [2.05, 4.69) is 21.7 Å². The zero-order valence-corrected chi connectivity index (χ0v) is 16.9. The Bertz CT molecular complexity index is 1030. The third-order valence-corrected chi connectivity index (χ3v) is 6.28. The summed E-state index contributed by atoms with van der Waals surface area (Å²) in [6.07, 6.45) is 3.61. The number of likely N-dealkylation sites (tertiary alicyclic amines) is 1. The molecule has 3 heterocycles. The van der Waals surface area contributed by atoms with Gasteiger partial charge in [0.25, 0.3) is 5.91 Å². The van der Waals surface area contributed by atoms with Gasteiger partial charge >= 0.3 is 0 Å². The molecular formula is C21H21ClN2O3S. The van der Waals surface area contributed by atoms with Crippen LogP contribution in [0.2, 0.25) is 5.02 Å². The summed E-state index contributed by atoms with van der Waals surface area (Å²) in [6, 6.07) is 10.3. The minimum Gasteiger partial charge on any atom is -0.451 e. The summed E-state index contributed by atoms with van der Waals surface area (Å²) >= 11 is 7.64. The molecule has 0 aliphatic carbocycles. The van der Waals surface area contributed by atoms with E-state index in [1.807, 2.05) is 6.07 Å². The summed E-state index contributed by atoms with van der Waals surface area (Å²) in [6.45, 7) is 2.54. The summed E-state index contributed by atoms with van der Waals surface area (Å²) < 4.78 is 5.65. The van der Waals surface area contributed by atoms with Crippen LogP contribution in [0.25, 0.3) is 11.0 Å². The van der Waals surface area contributed by atoms with Crippen LogP contribution in [0.15, 0.2) is 51.0 Å². The van der Waals surface area contributed by atoms with E-state index in [0.29, 0.717) is 22.5 Å². The maximum atomic E-state index is 12.7. The van der Waals surface area contributed by atoms with Crippen LogP contribution in [0.3, 0.4) is 0 Å². The Hall–Kier alpha value is -2.15. The van der Waals surface area contributed by atoms with Crippen LogP contribution in [0.4, 0.5) is 0 Å². The van der Waals surface area contributed by atoms with Crippen LogP contribution in [-0.2, 0) is 0 Å². The molecule has 1 aliphatic rings. The van der Waals surface area contributed by atoms with Crippen molar-refractivity contribution in [3.8, 4) is 0 Å². The molecule has 0 bridgehead atoms. The summed E-state index contributed by atoms with van der Waals surface area (Å²) in [5, 5.41) is 5.84. The Balaban J connectivity index is 1.53. The second-order valence-corrected chi connectivity index (χ2v) is 8.37. The second kappa shape index (κ2) is 8.47. The van der Waals surface area contributed by atoms with Gasteiger partial charge in [-0.2, -0.15) is 0 Å². The molecule has 0 saturated carbocycles. The van der Waals surface area contributed by atoms with Crippen molar-refractivity contribution in [2.24, 2.45) is 0 Å². The van der Waals surface area contributed by atoms with Gasteiger partial charge in [-0.15, -0.1) is 11.3 Å². The number of hydrogen-bond acceptors (Lipinski definition) is 5. The highest BCUT2D eigenvalue weighted by molar-refractivity contribution is 7.10. The fourth-order valence-corrected chi connectivity index (χ4v) is 4.67. The molecule has 0 unspecified atom stereocenters. The van der Waals surface area contributed by atoms with Gasteiger partial charge in [-0.1, -0.05) is 24.1 Å². The number of halogens is 1. The van der Waals surface area contributed by atoms with E-state index in [0.717, 1.165) is 13.1 Å². The molecular weight excluding hydrogens is 396 g/mol. The lowest BCUT2D eigenvalue weighted by atomic mass is 10.1. The van der Waals surface area contributed by atoms with Gasteiger partial charge in [-0.3, -0.25) is 14.5 Å². The highest BCUT2D eigenvalue weighted by atomic mass is 35.5. The summed E-state index contributed by atoms with van der Waals surface area (Å²) in [5.41, 5.74) is 0.0765. The van der Waals surface area contributed by atoms with Crippen molar-refractivity contribution in [2.75, 3.05) is 19.6 Å². The van der Waals surface area contributed by atoms with Crippen molar-refractivity contribution in [1.29, 1.82) is 0 Å². The topological polar surface area (TPSA) is 62.6 Å². The first-order valence-corrected chi connectivity index (χ1v) is 10.7. The largest absolute Gasteiger partial charge is 0.451 e. The number of carbonyl (C=O) groups excluding carboxylic acids is 1. The average Bonchev–Trinajstić information content (AvgIpc) is 3.24. The fourth-order valence-electron chi connectivity index (χ4n) is 3.64. The van der Waals surface area contributed by atoms with E-state index in [1.54, 1.807) is 29.5 Å². The van der Waals surface area contributed by atoms with Gasteiger partial charge in [0, 0.05) is 22.5 Å². The lowest BCUT2D eigenvalue weighted by Crippen LogP contribution is -2.40. The number of rotatable bonds is 5. The van der Waals surface area contributed by atoms with Crippen molar-refractivity contribution < 1.29 is 9.21 Å². The van der Waals surface area contributed by atoms with Gasteiger partial charge in [0.15, 0.2) is 11.2 Å². The maximum absolute atomic E-state index is 12.7. The van der Waals surface area contributed by atoms with Crippen LogP contribution in [0, 0.1) is 0 Å². The number of benzene rings is 1. The highest BCUT2D eigenvalue weighted by Crippen LogP contribution is 2.27. The van der Waals surface area contributed by atoms with Crippen LogP contribution in [-0.4, -0.2) is 30.4 Å². The zero-order valence-electron chi connectivity index (χ0n) is 15.3. The number of hydrogen-bond donors (Lipinski definition) is 1. The molecule has 7 heteroatoms. The van der Waals surface area contributed by atoms with Crippen LogP contribution in [0.5, 0.6) is 0 Å². The first-order valence-electron chi connectivity index (χ1n) is 9.41. The Morgan fingerprint density at radius 3 is 2.79 bits per heavy atom. The molecule has 1 aliphatic heterocycles. The average molecular weight is 417 g/mol. The minimum atomic E-state index is -0.382. The predicted octanol–water partition coefficient (Wildman–Crippen LogP) is 4.46. The smallest absolute Gasteiger partial charge is 0.287 e. The standard InChI is InChI=1S/C21H21ClN2O3S/c22-14-6-7-18-15(11-14)17(25)12-19(27-18)21(26)23-13-16(20-5-4-10-28-20)24-8-2-1-3-9-24/h4-7,10-12,16H,1-3,8-9,13H2,(H,23,26)/t16-/m0/s1. The van der Waals surface area contributed by atoms with E-state index in [9.17, 15) is 9.59 Å². The van der Waals surface area contributed by atoms with Crippen molar-refractivity contribution in [3.63, 3.8) is 0 Å². The quantitative estimate of drug-likeness (QED) is 0.666. The SMILES string of the molecule is O=C(NC[C@@H](c1cccs1)N1CCCCC1)c1cc(=O)c2cc(Cl)ccc2o1. The number of carbonyl (C=O) groups is 1. The molecule has 2 aromatic heterocycles.